The Hall–Kier alpha value is -1.81. The quantitative estimate of drug-likeness (QED) is 0.786. The second kappa shape index (κ2) is 4.70. The summed E-state index contributed by atoms with van der Waals surface area (Å²) in [6.45, 7) is 4.40. The Kier molecular flexibility index (Phi) is 3.03. The predicted molar refractivity (Wildman–Crippen MR) is 72.7 cm³/mol. The third kappa shape index (κ3) is 2.36. The molecule has 0 unspecified atom stereocenters. The summed E-state index contributed by atoms with van der Waals surface area (Å²) in [4.78, 5) is 8.81. The third-order valence-corrected chi connectivity index (χ3v) is 3.13. The van der Waals surface area contributed by atoms with Gasteiger partial charge in [-0.05, 0) is 30.2 Å². The van der Waals surface area contributed by atoms with E-state index >= 15 is 0 Å². The van der Waals surface area contributed by atoms with Crippen LogP contribution in [0.4, 0.5) is 0 Å². The topological polar surface area (TPSA) is 44.2 Å². The van der Waals surface area contributed by atoms with Crippen LogP contribution in [0.25, 0.3) is 11.4 Å². The Morgan fingerprint density at radius 1 is 1.11 bits per heavy atom. The lowest BCUT2D eigenvalue weighted by molar-refractivity contribution is 0.174. The van der Waals surface area contributed by atoms with E-state index in [1.807, 2.05) is 18.2 Å². The molecular weight excluding hydrogens is 264 g/mol. The zero-order valence-electron chi connectivity index (χ0n) is 10.7. The van der Waals surface area contributed by atoms with E-state index in [4.69, 9.17) is 21.1 Å². The molecule has 1 aromatic carbocycles. The summed E-state index contributed by atoms with van der Waals surface area (Å²) in [7, 11) is 0. The molecule has 0 saturated heterocycles. The monoisotopic (exact) mass is 276 g/mol. The van der Waals surface area contributed by atoms with Crippen molar-refractivity contribution in [2.75, 3.05) is 6.79 Å². The number of hydrogen-bond acceptors (Lipinski definition) is 4. The molecule has 0 bridgehead atoms. The zero-order chi connectivity index (χ0) is 13.4. The molecule has 0 saturated carbocycles. The highest BCUT2D eigenvalue weighted by Gasteiger charge is 2.16. The van der Waals surface area contributed by atoms with E-state index in [9.17, 15) is 0 Å². The number of ether oxygens (including phenoxy) is 2. The summed E-state index contributed by atoms with van der Waals surface area (Å²) in [5, 5.41) is 0.450. The molecule has 3 rings (SSSR count). The van der Waals surface area contributed by atoms with Crippen LogP contribution in [0.2, 0.25) is 5.15 Å². The first-order chi connectivity index (χ1) is 9.13. The number of halogens is 1. The van der Waals surface area contributed by atoms with Crippen molar-refractivity contribution in [1.29, 1.82) is 0 Å². The van der Waals surface area contributed by atoms with Crippen molar-refractivity contribution in [3.8, 4) is 22.9 Å². The van der Waals surface area contributed by atoms with Crippen LogP contribution in [0.15, 0.2) is 24.3 Å². The number of aromatic nitrogens is 2. The summed E-state index contributed by atoms with van der Waals surface area (Å²) in [6.07, 6.45) is 0. The number of rotatable bonds is 2. The van der Waals surface area contributed by atoms with E-state index in [1.165, 1.54) is 0 Å². The Bertz CT molecular complexity index is 629. The van der Waals surface area contributed by atoms with E-state index in [-0.39, 0.29) is 6.79 Å². The smallest absolute Gasteiger partial charge is 0.231 e. The molecule has 98 valence electrons. The fourth-order valence-electron chi connectivity index (χ4n) is 1.90. The van der Waals surface area contributed by atoms with Crippen molar-refractivity contribution >= 4 is 11.6 Å². The first-order valence-corrected chi connectivity index (χ1v) is 6.46. The van der Waals surface area contributed by atoms with Gasteiger partial charge in [-0.3, -0.25) is 0 Å². The molecule has 0 amide bonds. The minimum atomic E-state index is 0.256. The van der Waals surface area contributed by atoms with Gasteiger partial charge in [0.25, 0.3) is 0 Å². The van der Waals surface area contributed by atoms with Gasteiger partial charge in [-0.15, -0.1) is 0 Å². The second-order valence-corrected chi connectivity index (χ2v) is 5.05. The molecule has 0 aliphatic carbocycles. The maximum absolute atomic E-state index is 6.05. The maximum atomic E-state index is 6.05. The lowest BCUT2D eigenvalue weighted by Crippen LogP contribution is -1.98. The number of fused-ring (bicyclic) bond motifs is 1. The van der Waals surface area contributed by atoms with Crippen LogP contribution in [0, 0.1) is 0 Å². The Balaban J connectivity index is 2.06. The first-order valence-electron chi connectivity index (χ1n) is 6.08. The second-order valence-electron chi connectivity index (χ2n) is 4.66. The highest BCUT2D eigenvalue weighted by molar-refractivity contribution is 6.29. The van der Waals surface area contributed by atoms with E-state index in [2.05, 4.69) is 23.8 Å². The summed E-state index contributed by atoms with van der Waals surface area (Å²) in [6, 6.07) is 7.43. The highest BCUT2D eigenvalue weighted by Crippen LogP contribution is 2.35. The van der Waals surface area contributed by atoms with Crippen molar-refractivity contribution in [2.24, 2.45) is 0 Å². The number of hydrogen-bond donors (Lipinski definition) is 0. The van der Waals surface area contributed by atoms with Crippen LogP contribution in [0.5, 0.6) is 11.5 Å². The minimum absolute atomic E-state index is 0.256. The fraction of sp³-hybridized carbons (Fsp3) is 0.286. The largest absolute Gasteiger partial charge is 0.454 e. The van der Waals surface area contributed by atoms with Crippen molar-refractivity contribution in [3.63, 3.8) is 0 Å². The van der Waals surface area contributed by atoms with Crippen LogP contribution in [0.1, 0.15) is 25.5 Å². The zero-order valence-corrected chi connectivity index (χ0v) is 11.4. The highest BCUT2D eigenvalue weighted by atomic mass is 35.5. The van der Waals surface area contributed by atoms with Gasteiger partial charge in [0.1, 0.15) is 5.15 Å². The van der Waals surface area contributed by atoms with Gasteiger partial charge in [-0.25, -0.2) is 9.97 Å². The van der Waals surface area contributed by atoms with Gasteiger partial charge in [-0.1, -0.05) is 25.4 Å². The summed E-state index contributed by atoms with van der Waals surface area (Å²) < 4.78 is 10.6. The van der Waals surface area contributed by atoms with Crippen LogP contribution in [0.3, 0.4) is 0 Å². The Labute approximate surface area is 116 Å². The molecule has 0 radical (unpaired) electrons. The van der Waals surface area contributed by atoms with Crippen molar-refractivity contribution in [3.05, 3.63) is 35.1 Å². The fourth-order valence-corrected chi connectivity index (χ4v) is 2.09. The van der Waals surface area contributed by atoms with Gasteiger partial charge >= 0.3 is 0 Å². The average Bonchev–Trinajstić information content (AvgIpc) is 2.85. The molecule has 1 aromatic heterocycles. The molecule has 1 aliphatic heterocycles. The molecule has 0 atom stereocenters. The lowest BCUT2D eigenvalue weighted by Gasteiger charge is -2.08. The van der Waals surface area contributed by atoms with Crippen LogP contribution in [-0.4, -0.2) is 16.8 Å². The molecule has 0 N–H and O–H groups in total. The lowest BCUT2D eigenvalue weighted by atomic mass is 10.1. The molecule has 0 spiro atoms. The molecule has 0 fully saturated rings. The van der Waals surface area contributed by atoms with Crippen LogP contribution < -0.4 is 9.47 Å². The van der Waals surface area contributed by atoms with Gasteiger partial charge in [-0.2, -0.15) is 0 Å². The molecule has 1 aliphatic rings. The van der Waals surface area contributed by atoms with Crippen molar-refractivity contribution in [2.45, 2.75) is 19.8 Å². The van der Waals surface area contributed by atoms with E-state index in [0.29, 0.717) is 22.6 Å². The molecule has 4 nitrogen and oxygen atoms in total. The molecule has 19 heavy (non-hydrogen) atoms. The van der Waals surface area contributed by atoms with Crippen molar-refractivity contribution < 1.29 is 9.47 Å². The molecule has 5 heteroatoms. The summed E-state index contributed by atoms with van der Waals surface area (Å²) in [5.41, 5.74) is 1.79. The van der Waals surface area contributed by atoms with Gasteiger partial charge in [0.05, 0.1) is 0 Å². The maximum Gasteiger partial charge on any atom is 0.231 e. The number of benzene rings is 1. The molecular formula is C14H13ClN2O2. The number of nitrogens with zero attached hydrogens (tertiary/aromatic N) is 2. The van der Waals surface area contributed by atoms with Crippen LogP contribution >= 0.6 is 11.6 Å². The van der Waals surface area contributed by atoms with Crippen LogP contribution in [-0.2, 0) is 0 Å². The van der Waals surface area contributed by atoms with E-state index in [1.54, 1.807) is 6.07 Å². The Morgan fingerprint density at radius 3 is 2.68 bits per heavy atom. The average molecular weight is 277 g/mol. The predicted octanol–water partition coefficient (Wildman–Crippen LogP) is 3.65. The minimum Gasteiger partial charge on any atom is -0.454 e. The standard InChI is InChI=1S/C14H13ClN2O2/c1-8(2)10-6-13(15)17-14(16-10)9-3-4-11-12(5-9)19-7-18-11/h3-6,8H,7H2,1-2H3. The van der Waals surface area contributed by atoms with Gasteiger partial charge in [0.2, 0.25) is 6.79 Å². The molecule has 2 heterocycles. The normalized spacial score (nSPS) is 13.1. The van der Waals surface area contributed by atoms with Gasteiger partial charge in [0, 0.05) is 11.3 Å². The van der Waals surface area contributed by atoms with E-state index in [0.717, 1.165) is 17.0 Å². The Morgan fingerprint density at radius 2 is 1.89 bits per heavy atom. The van der Waals surface area contributed by atoms with Crippen molar-refractivity contribution in [1.82, 2.24) is 9.97 Å². The SMILES string of the molecule is CC(C)c1cc(Cl)nc(-c2ccc3c(c2)OCO3)n1. The summed E-state index contributed by atoms with van der Waals surface area (Å²) >= 11 is 6.05. The first kappa shape index (κ1) is 12.2. The van der Waals surface area contributed by atoms with Gasteiger partial charge < -0.3 is 9.47 Å². The third-order valence-electron chi connectivity index (χ3n) is 2.94. The summed E-state index contributed by atoms with van der Waals surface area (Å²) in [5.74, 6) is 2.37. The van der Waals surface area contributed by atoms with Gasteiger partial charge in [0.15, 0.2) is 17.3 Å². The van der Waals surface area contributed by atoms with E-state index < -0.39 is 0 Å². The molecule has 2 aromatic rings.